The average Bonchev–Trinajstić information content (AvgIpc) is 2.14. The van der Waals surface area contributed by atoms with Crippen LogP contribution in [0.15, 0.2) is 0 Å². The normalized spacial score (nSPS) is 29.1. The summed E-state index contributed by atoms with van der Waals surface area (Å²) in [6.45, 7) is 0. The third-order valence-electron chi connectivity index (χ3n) is 1.53. The van der Waals surface area contributed by atoms with Gasteiger partial charge in [-0.25, -0.2) is 0 Å². The van der Waals surface area contributed by atoms with Crippen LogP contribution >= 0.6 is 11.8 Å². The highest BCUT2D eigenvalue weighted by Crippen LogP contribution is 2.24. The molecule has 1 atom stereocenters. The van der Waals surface area contributed by atoms with Crippen molar-refractivity contribution in [1.29, 1.82) is 0 Å². The molecule has 0 aromatic heterocycles. The molecule has 1 rings (SSSR count). The average molecular weight is 130 g/mol. The lowest BCUT2D eigenvalue weighted by Crippen LogP contribution is -1.93. The summed E-state index contributed by atoms with van der Waals surface area (Å²) in [4.78, 5) is 10.6. The summed E-state index contributed by atoms with van der Waals surface area (Å²) in [6, 6.07) is 0. The molecule has 2 heteroatoms. The van der Waals surface area contributed by atoms with Gasteiger partial charge in [0.25, 0.3) is 0 Å². The Morgan fingerprint density at radius 3 is 2.75 bits per heavy atom. The maximum absolute atomic E-state index is 10.6. The van der Waals surface area contributed by atoms with Gasteiger partial charge in [0.15, 0.2) is 0 Å². The Hall–Kier alpha value is 0.0200. The molecule has 0 N–H and O–H groups in total. The van der Waals surface area contributed by atoms with E-state index in [4.69, 9.17) is 0 Å². The van der Waals surface area contributed by atoms with Gasteiger partial charge in [-0.2, -0.15) is 11.8 Å². The fraction of sp³-hybridized carbons (Fsp3) is 0.833. The summed E-state index contributed by atoms with van der Waals surface area (Å²) in [5.41, 5.74) is 0. The van der Waals surface area contributed by atoms with Crippen molar-refractivity contribution in [3.05, 3.63) is 0 Å². The molecule has 0 amide bonds. The molecule has 1 aliphatic rings. The van der Waals surface area contributed by atoms with E-state index in [2.05, 4.69) is 6.26 Å². The summed E-state index contributed by atoms with van der Waals surface area (Å²) in [5, 5.41) is 0.641. The molecule has 0 radical (unpaired) electrons. The molecule has 0 bridgehead atoms. The molecule has 46 valence electrons. The molecule has 1 fully saturated rings. The van der Waals surface area contributed by atoms with Gasteiger partial charge < -0.3 is 0 Å². The van der Waals surface area contributed by atoms with Gasteiger partial charge >= 0.3 is 0 Å². The van der Waals surface area contributed by atoms with Crippen molar-refractivity contribution in [2.24, 2.45) is 0 Å². The van der Waals surface area contributed by atoms with E-state index < -0.39 is 0 Å². The molecule has 8 heavy (non-hydrogen) atoms. The van der Waals surface area contributed by atoms with Gasteiger partial charge in [0.2, 0.25) is 0 Å². The van der Waals surface area contributed by atoms with Crippen LogP contribution in [0.4, 0.5) is 0 Å². The second-order valence-electron chi connectivity index (χ2n) is 2.14. The quantitative estimate of drug-likeness (QED) is 0.534. The fourth-order valence-corrected chi connectivity index (χ4v) is 1.69. The van der Waals surface area contributed by atoms with Crippen LogP contribution in [0.25, 0.3) is 0 Å². The summed E-state index contributed by atoms with van der Waals surface area (Å²) in [7, 11) is 0. The number of carbonyl (C=O) groups is 1. The number of rotatable bonds is 1. The molecular formula is C6H10OS. The first-order valence-electron chi connectivity index (χ1n) is 2.87. The Balaban J connectivity index is 2.32. The van der Waals surface area contributed by atoms with Crippen LogP contribution in [0.1, 0.15) is 19.3 Å². The van der Waals surface area contributed by atoms with E-state index in [1.54, 1.807) is 0 Å². The monoisotopic (exact) mass is 130 g/mol. The van der Waals surface area contributed by atoms with Crippen molar-refractivity contribution in [3.63, 3.8) is 0 Å². The Morgan fingerprint density at radius 1 is 1.75 bits per heavy atom. The van der Waals surface area contributed by atoms with Crippen LogP contribution < -0.4 is 0 Å². The summed E-state index contributed by atoms with van der Waals surface area (Å²) in [5.74, 6) is 0.448. The lowest BCUT2D eigenvalue weighted by molar-refractivity contribution is -0.117. The minimum absolute atomic E-state index is 0.448. The number of hydrogen-bond donors (Lipinski definition) is 0. The van der Waals surface area contributed by atoms with E-state index in [0.717, 1.165) is 19.3 Å². The Kier molecular flexibility index (Phi) is 1.95. The summed E-state index contributed by atoms with van der Waals surface area (Å²) in [6.07, 6.45) is 4.83. The first-order chi connectivity index (χ1) is 3.83. The highest BCUT2D eigenvalue weighted by Gasteiger charge is 2.20. The first kappa shape index (κ1) is 6.14. The van der Waals surface area contributed by atoms with E-state index in [1.165, 1.54) is 0 Å². The number of Topliss-reactive ketones (excluding diaryl/α,β-unsaturated/α-hetero) is 1. The van der Waals surface area contributed by atoms with Gasteiger partial charge in [-0.05, 0) is 12.7 Å². The highest BCUT2D eigenvalue weighted by molar-refractivity contribution is 7.99. The second-order valence-corrected chi connectivity index (χ2v) is 3.28. The zero-order chi connectivity index (χ0) is 5.98. The number of hydrogen-bond acceptors (Lipinski definition) is 2. The second kappa shape index (κ2) is 2.53. The van der Waals surface area contributed by atoms with Crippen LogP contribution in [-0.4, -0.2) is 17.3 Å². The fourth-order valence-electron chi connectivity index (χ4n) is 0.981. The van der Waals surface area contributed by atoms with Crippen molar-refractivity contribution >= 4 is 17.5 Å². The molecule has 1 unspecified atom stereocenters. The Labute approximate surface area is 53.8 Å². The smallest absolute Gasteiger partial charge is 0.134 e. The molecule has 0 aromatic carbocycles. The molecule has 1 aliphatic carbocycles. The van der Waals surface area contributed by atoms with E-state index in [-0.39, 0.29) is 0 Å². The minimum Gasteiger partial charge on any atom is -0.300 e. The third kappa shape index (κ3) is 1.25. The van der Waals surface area contributed by atoms with Gasteiger partial charge in [0.05, 0.1) is 0 Å². The maximum Gasteiger partial charge on any atom is 0.134 e. The minimum atomic E-state index is 0.448. The van der Waals surface area contributed by atoms with Gasteiger partial charge in [-0.1, -0.05) is 0 Å². The van der Waals surface area contributed by atoms with Crippen molar-refractivity contribution in [2.75, 3.05) is 6.26 Å². The molecular weight excluding hydrogens is 120 g/mol. The lowest BCUT2D eigenvalue weighted by atomic mass is 10.4. The van der Waals surface area contributed by atoms with Gasteiger partial charge in [0, 0.05) is 18.1 Å². The van der Waals surface area contributed by atoms with E-state index in [0.29, 0.717) is 11.0 Å². The maximum atomic E-state index is 10.6. The Bertz CT molecular complexity index is 101. The molecule has 0 spiro atoms. The summed E-state index contributed by atoms with van der Waals surface area (Å²) >= 11 is 1.82. The molecule has 0 aliphatic heterocycles. The first-order valence-corrected chi connectivity index (χ1v) is 4.16. The number of carbonyl (C=O) groups excluding carboxylic acids is 1. The predicted molar refractivity (Wildman–Crippen MR) is 36.2 cm³/mol. The SMILES string of the molecule is CSC1CCC(=O)C1. The van der Waals surface area contributed by atoms with E-state index in [9.17, 15) is 4.79 Å². The van der Waals surface area contributed by atoms with Crippen LogP contribution in [0, 0.1) is 0 Å². The molecule has 0 aromatic rings. The summed E-state index contributed by atoms with van der Waals surface area (Å²) < 4.78 is 0. The third-order valence-corrected chi connectivity index (χ3v) is 2.60. The van der Waals surface area contributed by atoms with Crippen LogP contribution in [0.5, 0.6) is 0 Å². The number of thioether (sulfide) groups is 1. The molecule has 0 heterocycles. The highest BCUT2D eigenvalue weighted by atomic mass is 32.2. The van der Waals surface area contributed by atoms with E-state index >= 15 is 0 Å². The van der Waals surface area contributed by atoms with E-state index in [1.807, 2.05) is 11.8 Å². The van der Waals surface area contributed by atoms with Crippen LogP contribution in [0.3, 0.4) is 0 Å². The van der Waals surface area contributed by atoms with Crippen molar-refractivity contribution in [3.8, 4) is 0 Å². The standard InChI is InChI=1S/C6H10OS/c1-8-6-3-2-5(7)4-6/h6H,2-4H2,1H3. The molecule has 1 nitrogen and oxygen atoms in total. The topological polar surface area (TPSA) is 17.1 Å². The van der Waals surface area contributed by atoms with Gasteiger partial charge in [0.1, 0.15) is 5.78 Å². The van der Waals surface area contributed by atoms with Crippen molar-refractivity contribution in [2.45, 2.75) is 24.5 Å². The van der Waals surface area contributed by atoms with Crippen LogP contribution in [0.2, 0.25) is 0 Å². The predicted octanol–water partition coefficient (Wildman–Crippen LogP) is 1.47. The van der Waals surface area contributed by atoms with Crippen LogP contribution in [-0.2, 0) is 4.79 Å². The largest absolute Gasteiger partial charge is 0.300 e. The van der Waals surface area contributed by atoms with Gasteiger partial charge in [-0.3, -0.25) is 4.79 Å². The van der Waals surface area contributed by atoms with Crippen molar-refractivity contribution < 1.29 is 4.79 Å². The van der Waals surface area contributed by atoms with Gasteiger partial charge in [-0.15, -0.1) is 0 Å². The Morgan fingerprint density at radius 2 is 2.50 bits per heavy atom. The zero-order valence-corrected chi connectivity index (χ0v) is 5.83. The lowest BCUT2D eigenvalue weighted by Gasteiger charge is -1.98. The zero-order valence-electron chi connectivity index (χ0n) is 5.02. The number of ketones is 1. The molecule has 0 saturated heterocycles. The van der Waals surface area contributed by atoms with Crippen molar-refractivity contribution in [1.82, 2.24) is 0 Å². The molecule has 1 saturated carbocycles.